The van der Waals surface area contributed by atoms with E-state index in [1.54, 1.807) is 0 Å². The van der Waals surface area contributed by atoms with Crippen molar-refractivity contribution < 1.29 is 37.8 Å². The molecule has 0 aliphatic rings. The molecule has 0 bridgehead atoms. The topological polar surface area (TPSA) is 313 Å². The summed E-state index contributed by atoms with van der Waals surface area (Å²) in [4.78, 5) is 31.5. The van der Waals surface area contributed by atoms with Crippen LogP contribution in [0, 0.1) is 0 Å². The summed E-state index contributed by atoms with van der Waals surface area (Å²) in [5.41, 5.74) is -0.806. The van der Waals surface area contributed by atoms with Crippen LogP contribution in [0.2, 0.25) is 0 Å². The number of rotatable bonds is 2. The first-order valence-corrected chi connectivity index (χ1v) is 4.77. The van der Waals surface area contributed by atoms with Gasteiger partial charge < -0.3 is 0 Å². The van der Waals surface area contributed by atoms with Gasteiger partial charge in [-0.2, -0.15) is 47.2 Å². The van der Waals surface area contributed by atoms with Crippen molar-refractivity contribution >= 4 is 21.1 Å². The third-order valence-electron chi connectivity index (χ3n) is 0.268. The molecule has 0 heterocycles. The predicted octanol–water partition coefficient (Wildman–Crippen LogP) is -6.22. The van der Waals surface area contributed by atoms with E-state index in [9.17, 15) is 18.0 Å². The standard InChI is InChI=1S/C2H2O4S.4H4N2O/c3-1-7(5,6)2-4;4*1-3-2/h1-2H;4*1-2H2. The van der Waals surface area contributed by atoms with Crippen LogP contribution in [0.4, 0.5) is 0 Å². The van der Waals surface area contributed by atoms with Gasteiger partial charge in [-0.15, -0.1) is 0 Å². The first kappa shape index (κ1) is 30.7. The monoisotopic (exact) mass is 314 g/mol. The second-order valence-electron chi connectivity index (χ2n) is 1.33. The van der Waals surface area contributed by atoms with Crippen molar-refractivity contribution in [3.05, 3.63) is 0 Å². The normalized spacial score (nSPS) is 7.58. The number of nitrogens with two attached hydrogens (primary N) is 8. The van der Waals surface area contributed by atoms with Gasteiger partial charge in [0, 0.05) is 0 Å². The fourth-order valence-corrected chi connectivity index (χ4v) is 0.0680. The number of hydrogen-bond acceptors (Lipinski definition) is 16. The molecule has 0 saturated carbocycles. The molecule has 120 valence electrons. The van der Waals surface area contributed by atoms with Gasteiger partial charge in [-0.05, 0) is 0 Å². The van der Waals surface area contributed by atoms with Crippen molar-refractivity contribution in [2.75, 3.05) is 0 Å². The van der Waals surface area contributed by atoms with E-state index < -0.39 is 21.1 Å². The van der Waals surface area contributed by atoms with Gasteiger partial charge in [-0.3, -0.25) is 9.59 Å². The van der Waals surface area contributed by atoms with E-state index in [2.05, 4.69) is 66.9 Å². The van der Waals surface area contributed by atoms with Gasteiger partial charge in [0.1, 0.15) is 0 Å². The molecule has 0 aliphatic carbocycles. The summed E-state index contributed by atoms with van der Waals surface area (Å²) in [5, 5.41) is 0. The van der Waals surface area contributed by atoms with Crippen molar-refractivity contribution in [2.45, 2.75) is 0 Å². The molecular formula is C2H18N8O8S. The van der Waals surface area contributed by atoms with Crippen molar-refractivity contribution in [2.24, 2.45) is 47.2 Å². The van der Waals surface area contributed by atoms with Gasteiger partial charge in [0.2, 0.25) is 11.2 Å². The van der Waals surface area contributed by atoms with E-state index in [0.717, 1.165) is 0 Å². The highest BCUT2D eigenvalue weighted by Crippen LogP contribution is 1.68. The molecule has 0 fully saturated rings. The summed E-state index contributed by atoms with van der Waals surface area (Å²) < 4.78 is 19.3. The third-order valence-corrected chi connectivity index (χ3v) is 0.805. The maximum Gasteiger partial charge on any atom is 0.267 e. The Morgan fingerprint density at radius 3 is 0.684 bits per heavy atom. The van der Waals surface area contributed by atoms with Crippen molar-refractivity contribution in [1.82, 2.24) is 0 Å². The van der Waals surface area contributed by atoms with Crippen molar-refractivity contribution in [1.29, 1.82) is 0 Å². The minimum absolute atomic E-state index is 0.403. The fraction of sp³-hybridized carbons (Fsp3) is 0. The maximum atomic E-state index is 9.63. The lowest BCUT2D eigenvalue weighted by atomic mass is 11.8. The fourth-order valence-electron chi connectivity index (χ4n) is 0.0227. The van der Waals surface area contributed by atoms with Gasteiger partial charge in [-0.1, -0.05) is 0 Å². The summed E-state index contributed by atoms with van der Waals surface area (Å²) in [6.07, 6.45) is 0. The van der Waals surface area contributed by atoms with Gasteiger partial charge in [0.05, 0.1) is 0 Å². The maximum absolute atomic E-state index is 9.63. The Balaban J connectivity index is -0.0000000467. The number of hydrogen-bond donors (Lipinski definition) is 8. The largest absolute Gasteiger partial charge is 0.285 e. The highest BCUT2D eigenvalue weighted by atomic mass is 32.2. The highest BCUT2D eigenvalue weighted by Gasteiger charge is 2.01. The molecule has 0 atom stereocenters. The van der Waals surface area contributed by atoms with E-state index in [1.807, 2.05) is 0 Å². The zero-order chi connectivity index (χ0) is 16.7. The Morgan fingerprint density at radius 2 is 0.684 bits per heavy atom. The molecule has 0 amide bonds. The van der Waals surface area contributed by atoms with Gasteiger partial charge >= 0.3 is 0 Å². The first-order valence-electron chi connectivity index (χ1n) is 3.16. The number of carbonyl (C=O) groups excluding carboxylic acids is 2. The lowest BCUT2D eigenvalue weighted by molar-refractivity contribution is 0.142. The lowest BCUT2D eigenvalue weighted by Gasteiger charge is -1.68. The smallest absolute Gasteiger partial charge is 0.267 e. The van der Waals surface area contributed by atoms with E-state index in [4.69, 9.17) is 0 Å². The van der Waals surface area contributed by atoms with Crippen LogP contribution in [0.3, 0.4) is 0 Å². The second kappa shape index (κ2) is 36.0. The predicted molar refractivity (Wildman–Crippen MR) is 60.3 cm³/mol. The zero-order valence-corrected chi connectivity index (χ0v) is 10.3. The third kappa shape index (κ3) is 159. The van der Waals surface area contributed by atoms with Crippen LogP contribution >= 0.6 is 0 Å². The Morgan fingerprint density at radius 1 is 0.579 bits per heavy atom. The second-order valence-corrected chi connectivity index (χ2v) is 2.89. The molecule has 19 heavy (non-hydrogen) atoms. The van der Waals surface area contributed by atoms with E-state index in [-0.39, 0.29) is 0 Å². The van der Waals surface area contributed by atoms with Crippen LogP contribution in [-0.4, -0.2) is 19.7 Å². The van der Waals surface area contributed by atoms with Crippen molar-refractivity contribution in [3.63, 3.8) is 0 Å². The van der Waals surface area contributed by atoms with Crippen LogP contribution in [0.1, 0.15) is 0 Å². The summed E-state index contributed by atoms with van der Waals surface area (Å²) in [5.74, 6) is 33.0. The molecule has 0 saturated heterocycles. The molecule has 0 aromatic heterocycles. The van der Waals surface area contributed by atoms with Gasteiger partial charge in [0.15, 0.2) is 0 Å². The molecule has 0 aliphatic heterocycles. The average Bonchev–Trinajstić information content (AvgIpc) is 2.33. The van der Waals surface area contributed by atoms with Crippen LogP contribution in [0.25, 0.3) is 0 Å². The van der Waals surface area contributed by atoms with Crippen molar-refractivity contribution in [3.8, 4) is 0 Å². The van der Waals surface area contributed by atoms with Crippen LogP contribution in [0.15, 0.2) is 0 Å². The molecule has 16 nitrogen and oxygen atoms in total. The van der Waals surface area contributed by atoms with E-state index in [1.165, 1.54) is 0 Å². The van der Waals surface area contributed by atoms with Crippen LogP contribution in [0.5, 0.6) is 0 Å². The van der Waals surface area contributed by atoms with E-state index >= 15 is 0 Å². The average molecular weight is 314 g/mol. The lowest BCUT2D eigenvalue weighted by Crippen LogP contribution is -2.04. The quantitative estimate of drug-likeness (QED) is 0.173. The molecule has 0 radical (unpaired) electrons. The molecular weight excluding hydrogens is 296 g/mol. The SMILES string of the molecule is NON.NON.NON.NON.O=CS(=O)(=O)C=O. The molecule has 16 N–H and O–H groups in total. The Labute approximate surface area is 107 Å². The van der Waals surface area contributed by atoms with Gasteiger partial charge in [-0.25, -0.2) is 28.2 Å². The summed E-state index contributed by atoms with van der Waals surface area (Å²) >= 11 is 0. The molecule has 17 heteroatoms. The summed E-state index contributed by atoms with van der Waals surface area (Å²) in [6, 6.07) is 0. The zero-order valence-electron chi connectivity index (χ0n) is 9.45. The number of sulfone groups is 1. The minimum atomic E-state index is -4.02. The Hall–Kier alpha value is -1.19. The molecule has 0 unspecified atom stereocenters. The van der Waals surface area contributed by atoms with Crippen LogP contribution in [-0.2, 0) is 39.2 Å². The Kier molecular flexibility index (Phi) is 58.0. The molecule has 0 spiro atoms. The Bertz CT molecular complexity index is 211. The van der Waals surface area contributed by atoms with Gasteiger partial charge in [0.25, 0.3) is 9.84 Å². The number of carbonyl (C=O) groups is 2. The molecule has 0 aromatic rings. The van der Waals surface area contributed by atoms with Crippen LogP contribution < -0.4 is 47.2 Å². The summed E-state index contributed by atoms with van der Waals surface area (Å²) in [7, 11) is -4.02. The first-order chi connectivity index (χ1) is 8.78. The highest BCUT2D eigenvalue weighted by molar-refractivity contribution is 8.15. The minimum Gasteiger partial charge on any atom is -0.285 e. The molecule has 0 rings (SSSR count). The summed E-state index contributed by atoms with van der Waals surface area (Å²) in [6.45, 7) is 0. The van der Waals surface area contributed by atoms with E-state index in [0.29, 0.717) is 0 Å². The molecule has 0 aromatic carbocycles.